The zero-order valence-electron chi connectivity index (χ0n) is 2.26. The molecule has 5 heavy (non-hydrogen) atoms. The van der Waals surface area contributed by atoms with Crippen molar-refractivity contribution in [2.24, 2.45) is 5.73 Å². The van der Waals surface area contributed by atoms with E-state index in [1.54, 1.807) is 0 Å². The molecular weight excluding hydrogens is 198 g/mol. The second-order valence-corrected chi connectivity index (χ2v) is 6.13. The van der Waals surface area contributed by atoms with E-state index in [2.05, 4.69) is 0 Å². The predicted molar refractivity (Wildman–Crippen MR) is 22.0 cm³/mol. The fourth-order valence-electron chi connectivity index (χ4n) is 0. The molecule has 0 bridgehead atoms. The van der Waals surface area contributed by atoms with Gasteiger partial charge in [0.2, 0.25) is 0 Å². The van der Waals surface area contributed by atoms with E-state index in [9.17, 15) is 0 Å². The summed E-state index contributed by atoms with van der Waals surface area (Å²) in [6.45, 7) is 0. The normalized spacial score (nSPS) is 10.6. The molecule has 0 rings (SSSR count). The Morgan fingerprint density at radius 2 is 1.80 bits per heavy atom. The van der Waals surface area contributed by atoms with Gasteiger partial charge in [0.1, 0.15) is 0 Å². The van der Waals surface area contributed by atoms with E-state index in [-0.39, 0.29) is 0 Å². The minimum atomic E-state index is -1.59. The molecule has 0 aromatic heterocycles. The van der Waals surface area contributed by atoms with Crippen molar-refractivity contribution in [1.82, 2.24) is 0 Å². The van der Waals surface area contributed by atoms with Crippen molar-refractivity contribution < 1.29 is 13.5 Å². The van der Waals surface area contributed by atoms with Crippen molar-refractivity contribution in [3.05, 3.63) is 0 Å². The van der Waals surface area contributed by atoms with Gasteiger partial charge in [-0.1, -0.05) is 0 Å². The Morgan fingerprint density at radius 3 is 1.80 bits per heavy atom. The van der Waals surface area contributed by atoms with Gasteiger partial charge in [-0.15, -0.1) is 0 Å². The van der Waals surface area contributed by atoms with Crippen molar-refractivity contribution in [2.75, 3.05) is 0 Å². The minimum absolute atomic E-state index is 1.34. The van der Waals surface area contributed by atoms with Gasteiger partial charge in [-0.05, 0) is 0 Å². The van der Waals surface area contributed by atoms with E-state index >= 15 is 0 Å². The van der Waals surface area contributed by atoms with Crippen LogP contribution in [0, 0.1) is 0 Å². The van der Waals surface area contributed by atoms with E-state index in [0.29, 0.717) is 0 Å². The molecule has 1 nitrogen and oxygen atoms in total. The number of halogens is 2. The fraction of sp³-hybridized carbons (Fsp3) is 0. The zero-order chi connectivity index (χ0) is 4.28. The molecule has 34 valence electrons. The molecule has 0 spiro atoms. The monoisotopic (exact) mass is 201 g/mol. The van der Waals surface area contributed by atoms with E-state index < -0.39 is 13.5 Å². The Morgan fingerprint density at radius 1 is 1.60 bits per heavy atom. The first-order chi connectivity index (χ1) is 2.27. The average Bonchev–Trinajstić information content (AvgIpc) is 1.38. The quantitative estimate of drug-likeness (QED) is 0.571. The number of nitrogens with two attached hydrogens (primary N) is 1. The van der Waals surface area contributed by atoms with Gasteiger partial charge in [-0.2, -0.15) is 0 Å². The first kappa shape index (κ1) is 6.03. The van der Waals surface area contributed by atoms with Crippen LogP contribution in [0.3, 0.4) is 0 Å². The summed E-state index contributed by atoms with van der Waals surface area (Å²) in [5, 5.41) is 0. The van der Waals surface area contributed by atoms with Crippen molar-refractivity contribution in [3.8, 4) is 0 Å². The van der Waals surface area contributed by atoms with Crippen LogP contribution < -0.4 is 5.73 Å². The summed E-state index contributed by atoms with van der Waals surface area (Å²) in [4.78, 5) is 0. The number of rotatable bonds is 0. The number of hydrogen-bond acceptors (Lipinski definition) is 1. The van der Waals surface area contributed by atoms with Gasteiger partial charge in [0.25, 0.3) is 0 Å². The summed E-state index contributed by atoms with van der Waals surface area (Å²) in [5.41, 5.74) is 4.85. The molecule has 0 aromatic carbocycles. The Labute approximate surface area is 43.6 Å². The Balaban J connectivity index is 3.14. The van der Waals surface area contributed by atoms with Crippen molar-refractivity contribution in [2.45, 2.75) is 0 Å². The number of hydrogen-bond donors (Lipinski definition) is 1. The van der Waals surface area contributed by atoms with Crippen molar-refractivity contribution >= 4 is 24.1 Å². The molecule has 0 aliphatic carbocycles. The molecule has 0 atom stereocenters. The molecule has 0 radical (unpaired) electrons. The second-order valence-electron chi connectivity index (χ2n) is 0.323. The maximum absolute atomic E-state index is 5.19. The Hall–Kier alpha value is 1.03. The summed E-state index contributed by atoms with van der Waals surface area (Å²) in [7, 11) is 10.4. The molecular formula is CH3Cl2NRu. The summed E-state index contributed by atoms with van der Waals surface area (Å²) in [6, 6.07) is 0. The van der Waals surface area contributed by atoms with Gasteiger partial charge in [0.15, 0.2) is 0 Å². The third kappa shape index (κ3) is 5.03. The van der Waals surface area contributed by atoms with Crippen molar-refractivity contribution in [3.63, 3.8) is 0 Å². The van der Waals surface area contributed by atoms with Crippen LogP contribution in [0.15, 0.2) is 0 Å². The molecule has 2 N–H and O–H groups in total. The fourth-order valence-corrected chi connectivity index (χ4v) is 0. The SMILES string of the molecule is N[CH]=[Ru]([Cl])[Cl]. The average molecular weight is 201 g/mol. The van der Waals surface area contributed by atoms with Crippen LogP contribution in [0.1, 0.15) is 0 Å². The van der Waals surface area contributed by atoms with E-state index in [1.165, 1.54) is 4.73 Å². The topological polar surface area (TPSA) is 26.0 Å². The molecule has 0 aliphatic heterocycles. The van der Waals surface area contributed by atoms with Gasteiger partial charge < -0.3 is 0 Å². The van der Waals surface area contributed by atoms with Crippen LogP contribution in [-0.4, -0.2) is 4.73 Å². The molecule has 0 aromatic rings. The standard InChI is InChI=1S/CH3N.2ClH.Ru/c1-2;;;/h1H,2H2;2*1H;/q;;;+2/p-2. The van der Waals surface area contributed by atoms with Gasteiger partial charge in [0.05, 0.1) is 0 Å². The summed E-state index contributed by atoms with van der Waals surface area (Å²) in [5.74, 6) is 0. The maximum atomic E-state index is 5.19. The van der Waals surface area contributed by atoms with Gasteiger partial charge >= 0.3 is 43.4 Å². The van der Waals surface area contributed by atoms with Gasteiger partial charge in [-0.3, -0.25) is 0 Å². The Kier molecular flexibility index (Phi) is 3.90. The molecule has 0 unspecified atom stereocenters. The second kappa shape index (κ2) is 3.23. The molecule has 0 heterocycles. The molecule has 0 saturated carbocycles. The van der Waals surface area contributed by atoms with Crippen LogP contribution in [-0.2, 0) is 13.5 Å². The van der Waals surface area contributed by atoms with Gasteiger partial charge in [-0.25, -0.2) is 0 Å². The molecule has 0 amide bonds. The third-order valence-electron chi connectivity index (χ3n) is 0.0891. The zero-order valence-corrected chi connectivity index (χ0v) is 5.51. The van der Waals surface area contributed by atoms with Crippen LogP contribution in [0.5, 0.6) is 0 Å². The summed E-state index contributed by atoms with van der Waals surface area (Å²) < 4.78 is 1.34. The molecule has 0 fully saturated rings. The van der Waals surface area contributed by atoms with E-state index in [4.69, 9.17) is 25.1 Å². The van der Waals surface area contributed by atoms with Crippen molar-refractivity contribution in [1.29, 1.82) is 0 Å². The first-order valence-electron chi connectivity index (χ1n) is 0.805. The molecule has 0 saturated heterocycles. The first-order valence-corrected chi connectivity index (χ1v) is 6.28. The van der Waals surface area contributed by atoms with Crippen LogP contribution in [0.2, 0.25) is 0 Å². The van der Waals surface area contributed by atoms with E-state index in [1.807, 2.05) is 0 Å². The van der Waals surface area contributed by atoms with Crippen LogP contribution in [0.25, 0.3) is 0 Å². The summed E-state index contributed by atoms with van der Waals surface area (Å²) in [6.07, 6.45) is 0. The van der Waals surface area contributed by atoms with Gasteiger partial charge in [0, 0.05) is 0 Å². The molecule has 4 heteroatoms. The third-order valence-corrected chi connectivity index (χ3v) is 1.58. The van der Waals surface area contributed by atoms with E-state index in [0.717, 1.165) is 0 Å². The Bertz CT molecular complexity index is 47.6. The van der Waals surface area contributed by atoms with Crippen LogP contribution >= 0.6 is 19.4 Å². The predicted octanol–water partition coefficient (Wildman–Crippen LogP) is 0.631. The molecule has 0 aliphatic rings. The van der Waals surface area contributed by atoms with Crippen LogP contribution in [0.4, 0.5) is 0 Å². The summed E-state index contributed by atoms with van der Waals surface area (Å²) >= 11 is -1.59.